The van der Waals surface area contributed by atoms with Crippen molar-refractivity contribution in [3.05, 3.63) is 33.8 Å². The van der Waals surface area contributed by atoms with Crippen LogP contribution in [0.15, 0.2) is 22.7 Å². The van der Waals surface area contributed by atoms with Gasteiger partial charge in [-0.3, -0.25) is 0 Å². The van der Waals surface area contributed by atoms with Gasteiger partial charge in [0.2, 0.25) is 0 Å². The molecule has 0 amide bonds. The van der Waals surface area contributed by atoms with Gasteiger partial charge in [0.05, 0.1) is 0 Å². The third-order valence-corrected chi connectivity index (χ3v) is 4.26. The number of rotatable bonds is 2. The highest BCUT2D eigenvalue weighted by molar-refractivity contribution is 9.10. The molecule has 1 aromatic carbocycles. The van der Waals surface area contributed by atoms with E-state index in [0.29, 0.717) is 5.92 Å². The zero-order valence-corrected chi connectivity index (χ0v) is 11.5. The molecule has 0 spiro atoms. The van der Waals surface area contributed by atoms with E-state index in [1.165, 1.54) is 30.4 Å². The monoisotopic (exact) mass is 282 g/mol. The number of benzene rings is 1. The molecule has 88 valence electrons. The summed E-state index contributed by atoms with van der Waals surface area (Å²) >= 11 is 3.53. The summed E-state index contributed by atoms with van der Waals surface area (Å²) < 4.78 is 1.16. The molecule has 1 aliphatic carbocycles. The van der Waals surface area contributed by atoms with Crippen LogP contribution in [-0.2, 0) is 6.42 Å². The smallest absolute Gasteiger partial charge is 0.0487 e. The Bertz CT molecular complexity index is 384. The van der Waals surface area contributed by atoms with Gasteiger partial charge in [-0.25, -0.2) is 0 Å². The molecule has 1 unspecified atom stereocenters. The maximum atomic E-state index is 9.52. The fraction of sp³-hybridized carbons (Fsp3) is 0.571. The minimum atomic E-state index is -0.0109. The van der Waals surface area contributed by atoms with E-state index in [4.69, 9.17) is 0 Å². The van der Waals surface area contributed by atoms with E-state index < -0.39 is 0 Å². The Labute approximate surface area is 106 Å². The molecule has 1 N–H and O–H groups in total. The third-order valence-electron chi connectivity index (χ3n) is 3.77. The zero-order chi connectivity index (χ0) is 11.8. The van der Waals surface area contributed by atoms with Crippen molar-refractivity contribution in [1.82, 2.24) is 0 Å². The van der Waals surface area contributed by atoms with Crippen LogP contribution in [0.5, 0.6) is 0 Å². The maximum Gasteiger partial charge on any atom is 0.0487 e. The summed E-state index contributed by atoms with van der Waals surface area (Å²) in [6.07, 6.45) is 3.60. The van der Waals surface area contributed by atoms with Gasteiger partial charge in [-0.15, -0.1) is 0 Å². The fourth-order valence-electron chi connectivity index (χ4n) is 2.70. The van der Waals surface area contributed by atoms with Crippen LogP contribution in [0, 0.1) is 5.41 Å². The molecular formula is C14H19BrO. The largest absolute Gasteiger partial charge is 0.396 e. The Hall–Kier alpha value is -0.340. The standard InChI is InChI=1S/C14H19BrO/c1-14(2,9-16)13-5-3-4-10-8-11(15)6-7-12(10)13/h6-8,13,16H,3-5,9H2,1-2H3. The van der Waals surface area contributed by atoms with E-state index >= 15 is 0 Å². The van der Waals surface area contributed by atoms with Crippen LogP contribution in [0.1, 0.15) is 43.7 Å². The Morgan fingerprint density at radius 3 is 2.88 bits per heavy atom. The van der Waals surface area contributed by atoms with E-state index in [2.05, 4.69) is 48.0 Å². The maximum absolute atomic E-state index is 9.52. The summed E-state index contributed by atoms with van der Waals surface area (Å²) in [6.45, 7) is 4.58. The van der Waals surface area contributed by atoms with Crippen LogP contribution in [0.25, 0.3) is 0 Å². The predicted molar refractivity (Wildman–Crippen MR) is 70.7 cm³/mol. The number of halogens is 1. The first-order chi connectivity index (χ1) is 7.54. The van der Waals surface area contributed by atoms with Gasteiger partial charge in [0.15, 0.2) is 0 Å². The highest BCUT2D eigenvalue weighted by Crippen LogP contribution is 2.43. The first-order valence-electron chi connectivity index (χ1n) is 5.94. The van der Waals surface area contributed by atoms with E-state index in [9.17, 15) is 5.11 Å². The van der Waals surface area contributed by atoms with Crippen LogP contribution in [0.3, 0.4) is 0 Å². The average molecular weight is 283 g/mol. The molecule has 1 aromatic rings. The summed E-state index contributed by atoms with van der Waals surface area (Å²) in [4.78, 5) is 0. The lowest BCUT2D eigenvalue weighted by Crippen LogP contribution is -2.29. The van der Waals surface area contributed by atoms with Crippen molar-refractivity contribution in [2.75, 3.05) is 6.61 Å². The SMILES string of the molecule is CC(C)(CO)C1CCCc2cc(Br)ccc21. The number of hydrogen-bond donors (Lipinski definition) is 1. The molecule has 0 saturated carbocycles. The van der Waals surface area contributed by atoms with Gasteiger partial charge >= 0.3 is 0 Å². The highest BCUT2D eigenvalue weighted by atomic mass is 79.9. The number of fused-ring (bicyclic) bond motifs is 1. The van der Waals surface area contributed by atoms with Crippen molar-refractivity contribution in [1.29, 1.82) is 0 Å². The van der Waals surface area contributed by atoms with Gasteiger partial charge in [0.1, 0.15) is 0 Å². The van der Waals surface area contributed by atoms with Crippen LogP contribution in [0.2, 0.25) is 0 Å². The lowest BCUT2D eigenvalue weighted by molar-refractivity contribution is 0.122. The van der Waals surface area contributed by atoms with Crippen LogP contribution in [-0.4, -0.2) is 11.7 Å². The Morgan fingerprint density at radius 2 is 2.19 bits per heavy atom. The second-order valence-electron chi connectivity index (χ2n) is 5.43. The lowest BCUT2D eigenvalue weighted by atomic mass is 9.69. The van der Waals surface area contributed by atoms with E-state index in [0.717, 1.165) is 4.47 Å². The minimum absolute atomic E-state index is 0.0109. The molecule has 1 atom stereocenters. The lowest BCUT2D eigenvalue weighted by Gasteiger charge is -2.37. The molecule has 0 heterocycles. The molecule has 1 nitrogen and oxygen atoms in total. The number of hydrogen-bond acceptors (Lipinski definition) is 1. The van der Waals surface area contributed by atoms with Crippen molar-refractivity contribution in [3.63, 3.8) is 0 Å². The summed E-state index contributed by atoms with van der Waals surface area (Å²) in [5.41, 5.74) is 2.88. The molecule has 2 heteroatoms. The van der Waals surface area contributed by atoms with Crippen molar-refractivity contribution < 1.29 is 5.11 Å². The molecule has 0 bridgehead atoms. The molecule has 0 aliphatic heterocycles. The van der Waals surface area contributed by atoms with Crippen LogP contribution >= 0.6 is 15.9 Å². The van der Waals surface area contributed by atoms with Crippen LogP contribution < -0.4 is 0 Å². The van der Waals surface area contributed by atoms with Crippen molar-refractivity contribution in [3.8, 4) is 0 Å². The zero-order valence-electron chi connectivity index (χ0n) is 9.96. The van der Waals surface area contributed by atoms with E-state index in [1.807, 2.05) is 0 Å². The van der Waals surface area contributed by atoms with E-state index in [1.54, 1.807) is 0 Å². The summed E-state index contributed by atoms with van der Waals surface area (Å²) in [5, 5.41) is 9.52. The van der Waals surface area contributed by atoms with Crippen molar-refractivity contribution in [2.45, 2.75) is 39.0 Å². The number of aryl methyl sites for hydroxylation is 1. The van der Waals surface area contributed by atoms with Gasteiger partial charge in [0.25, 0.3) is 0 Å². The predicted octanol–water partition coefficient (Wildman–Crippen LogP) is 3.89. The van der Waals surface area contributed by atoms with Gasteiger partial charge in [0, 0.05) is 11.1 Å². The molecule has 1 aliphatic rings. The third kappa shape index (κ3) is 2.18. The number of aliphatic hydroxyl groups is 1. The first-order valence-corrected chi connectivity index (χ1v) is 6.73. The first kappa shape index (κ1) is 12.1. The van der Waals surface area contributed by atoms with Gasteiger partial charge in [-0.1, -0.05) is 35.8 Å². The molecule has 0 radical (unpaired) electrons. The van der Waals surface area contributed by atoms with E-state index in [-0.39, 0.29) is 12.0 Å². The number of aliphatic hydroxyl groups excluding tert-OH is 1. The average Bonchev–Trinajstić information content (AvgIpc) is 2.27. The summed E-state index contributed by atoms with van der Waals surface area (Å²) in [6, 6.07) is 6.57. The molecule has 0 fully saturated rings. The highest BCUT2D eigenvalue weighted by Gasteiger charge is 2.33. The Balaban J connectivity index is 2.40. The molecule has 2 rings (SSSR count). The molecular weight excluding hydrogens is 264 g/mol. The second-order valence-corrected chi connectivity index (χ2v) is 6.35. The fourth-order valence-corrected chi connectivity index (χ4v) is 3.11. The second kappa shape index (κ2) is 4.50. The normalized spacial score (nSPS) is 20.6. The summed E-state index contributed by atoms with van der Waals surface area (Å²) in [7, 11) is 0. The summed E-state index contributed by atoms with van der Waals surface area (Å²) in [5.74, 6) is 0.495. The molecule has 0 aromatic heterocycles. The van der Waals surface area contributed by atoms with Gasteiger partial charge in [-0.2, -0.15) is 0 Å². The van der Waals surface area contributed by atoms with Gasteiger partial charge in [-0.05, 0) is 53.9 Å². The minimum Gasteiger partial charge on any atom is -0.396 e. The quantitative estimate of drug-likeness (QED) is 0.873. The Kier molecular flexibility index (Phi) is 3.41. The van der Waals surface area contributed by atoms with Crippen LogP contribution in [0.4, 0.5) is 0 Å². The van der Waals surface area contributed by atoms with Gasteiger partial charge < -0.3 is 5.11 Å². The molecule has 16 heavy (non-hydrogen) atoms. The molecule has 0 saturated heterocycles. The Morgan fingerprint density at radius 1 is 1.44 bits per heavy atom. The van der Waals surface area contributed by atoms with Crippen molar-refractivity contribution >= 4 is 15.9 Å². The van der Waals surface area contributed by atoms with Crippen molar-refractivity contribution in [2.24, 2.45) is 5.41 Å². The topological polar surface area (TPSA) is 20.2 Å².